The van der Waals surface area contributed by atoms with Crippen molar-refractivity contribution < 1.29 is 19.2 Å². The summed E-state index contributed by atoms with van der Waals surface area (Å²) in [5.41, 5.74) is 5.23. The van der Waals surface area contributed by atoms with Gasteiger partial charge in [0.05, 0.1) is 29.0 Å². The third-order valence-electron chi connectivity index (χ3n) is 8.89. The van der Waals surface area contributed by atoms with Crippen LogP contribution in [0.1, 0.15) is 38.3 Å². The zero-order valence-corrected chi connectivity index (χ0v) is 25.4. The number of aromatic nitrogens is 2. The minimum Gasteiger partial charge on any atom is -0.494 e. The number of nitro groups is 1. The van der Waals surface area contributed by atoms with Crippen molar-refractivity contribution in [2.75, 3.05) is 39.9 Å². The van der Waals surface area contributed by atoms with Crippen LogP contribution >= 0.6 is 0 Å². The molecule has 4 aromatic rings. The van der Waals surface area contributed by atoms with Crippen LogP contribution in [0.4, 0.5) is 5.69 Å². The molecule has 0 radical (unpaired) electrons. The molecule has 1 aliphatic carbocycles. The Morgan fingerprint density at radius 3 is 2.57 bits per heavy atom. The Morgan fingerprint density at radius 2 is 1.80 bits per heavy atom. The number of pyridine rings is 1. The van der Waals surface area contributed by atoms with Crippen LogP contribution in [0.3, 0.4) is 0 Å². The van der Waals surface area contributed by atoms with Crippen LogP contribution in [-0.2, 0) is 16.1 Å². The monoisotopic (exact) mass is 597 g/mol. The van der Waals surface area contributed by atoms with E-state index in [4.69, 9.17) is 14.5 Å². The predicted molar refractivity (Wildman–Crippen MR) is 168 cm³/mol. The third-order valence-corrected chi connectivity index (χ3v) is 8.89. The molecule has 44 heavy (non-hydrogen) atoms. The van der Waals surface area contributed by atoms with Gasteiger partial charge in [0.15, 0.2) is 0 Å². The Morgan fingerprint density at radius 1 is 1.00 bits per heavy atom. The number of hydrogen-bond acceptors (Lipinski definition) is 7. The first-order valence-electron chi connectivity index (χ1n) is 15.5. The maximum Gasteiger partial charge on any atom is 0.270 e. The third kappa shape index (κ3) is 6.32. The first-order valence-corrected chi connectivity index (χ1v) is 15.5. The summed E-state index contributed by atoms with van der Waals surface area (Å²) in [6, 6.07) is 18.7. The van der Waals surface area contributed by atoms with Gasteiger partial charge < -0.3 is 18.8 Å². The highest BCUT2D eigenvalue weighted by Crippen LogP contribution is 2.32. The van der Waals surface area contributed by atoms with Crippen LogP contribution < -0.4 is 4.74 Å². The van der Waals surface area contributed by atoms with Gasteiger partial charge in [-0.2, -0.15) is 0 Å². The molecule has 1 saturated heterocycles. The average Bonchev–Trinajstić information content (AvgIpc) is 3.42. The molecule has 3 heterocycles. The van der Waals surface area contributed by atoms with Crippen LogP contribution in [0.25, 0.3) is 28.0 Å². The first-order chi connectivity index (χ1) is 21.4. The summed E-state index contributed by atoms with van der Waals surface area (Å²) >= 11 is 0. The Hall–Kier alpha value is -4.28. The van der Waals surface area contributed by atoms with Crippen LogP contribution in [0.2, 0.25) is 0 Å². The van der Waals surface area contributed by atoms with Crippen LogP contribution in [-0.4, -0.2) is 76.0 Å². The summed E-state index contributed by atoms with van der Waals surface area (Å²) in [5.74, 6) is 1.10. The van der Waals surface area contributed by atoms with Crippen LogP contribution in [0.15, 0.2) is 66.9 Å². The molecular weight excluding hydrogens is 558 g/mol. The normalized spacial score (nSPS) is 19.3. The van der Waals surface area contributed by atoms with E-state index in [1.807, 2.05) is 48.2 Å². The van der Waals surface area contributed by atoms with E-state index in [9.17, 15) is 14.9 Å². The molecule has 6 rings (SSSR count). The van der Waals surface area contributed by atoms with Gasteiger partial charge in [0.2, 0.25) is 5.91 Å². The number of non-ortho nitro benzene ring substituents is 1. The lowest BCUT2D eigenvalue weighted by Gasteiger charge is -2.38. The van der Waals surface area contributed by atoms with E-state index in [1.165, 1.54) is 6.07 Å². The zero-order chi connectivity index (χ0) is 30.6. The second kappa shape index (κ2) is 13.2. The number of carbonyl (C=O) groups is 1. The van der Waals surface area contributed by atoms with Gasteiger partial charge in [0, 0.05) is 69.6 Å². The number of nitrogens with zero attached hydrogens (tertiary/aromatic N) is 5. The molecular formula is C34H39N5O5. The number of nitro benzene ring substituents is 1. The summed E-state index contributed by atoms with van der Waals surface area (Å²) in [6.45, 7) is 5.98. The van der Waals surface area contributed by atoms with Gasteiger partial charge in [0.25, 0.3) is 5.69 Å². The Kier molecular flexibility index (Phi) is 8.90. The molecule has 1 saturated carbocycles. The molecule has 2 atom stereocenters. The van der Waals surface area contributed by atoms with Crippen molar-refractivity contribution in [3.63, 3.8) is 0 Å². The molecule has 2 aromatic carbocycles. The van der Waals surface area contributed by atoms with Crippen molar-refractivity contribution in [1.82, 2.24) is 19.2 Å². The van der Waals surface area contributed by atoms with Crippen molar-refractivity contribution in [2.24, 2.45) is 5.92 Å². The molecule has 2 aromatic heterocycles. The number of piperazine rings is 1. The van der Waals surface area contributed by atoms with Gasteiger partial charge in [-0.3, -0.25) is 19.8 Å². The molecule has 0 spiro atoms. The smallest absolute Gasteiger partial charge is 0.270 e. The molecule has 10 heteroatoms. The maximum atomic E-state index is 13.4. The number of amides is 1. The Balaban J connectivity index is 1.29. The highest BCUT2D eigenvalue weighted by atomic mass is 16.6. The number of methoxy groups -OCH3 is 1. The fourth-order valence-corrected chi connectivity index (χ4v) is 6.52. The second-order valence-electron chi connectivity index (χ2n) is 11.6. The van der Waals surface area contributed by atoms with Gasteiger partial charge in [-0.15, -0.1) is 0 Å². The van der Waals surface area contributed by atoms with Crippen molar-refractivity contribution in [3.8, 4) is 28.1 Å². The Bertz CT molecular complexity index is 1640. The van der Waals surface area contributed by atoms with E-state index in [2.05, 4.69) is 21.6 Å². The highest BCUT2D eigenvalue weighted by molar-refractivity contribution is 5.79. The minimum atomic E-state index is -0.375. The van der Waals surface area contributed by atoms with Gasteiger partial charge in [-0.1, -0.05) is 30.7 Å². The maximum absolute atomic E-state index is 13.4. The van der Waals surface area contributed by atoms with Gasteiger partial charge >= 0.3 is 0 Å². The second-order valence-corrected chi connectivity index (χ2v) is 11.6. The zero-order valence-electron chi connectivity index (χ0n) is 25.4. The lowest BCUT2D eigenvalue weighted by Crippen LogP contribution is -2.50. The summed E-state index contributed by atoms with van der Waals surface area (Å²) in [5, 5.41) is 11.6. The molecule has 2 aliphatic rings. The number of hydrogen-bond donors (Lipinski definition) is 0. The number of benzene rings is 2. The summed E-state index contributed by atoms with van der Waals surface area (Å²) in [4.78, 5) is 33.9. The topological polar surface area (TPSA) is 102 Å². The molecule has 1 aliphatic heterocycles. The minimum absolute atomic E-state index is 0.0319. The number of fused-ring (bicyclic) bond motifs is 1. The van der Waals surface area contributed by atoms with Crippen molar-refractivity contribution in [1.29, 1.82) is 0 Å². The van der Waals surface area contributed by atoms with Crippen molar-refractivity contribution in [3.05, 3.63) is 82.7 Å². The number of rotatable bonds is 9. The average molecular weight is 598 g/mol. The lowest BCUT2D eigenvalue weighted by molar-refractivity contribution is -0.384. The van der Waals surface area contributed by atoms with Gasteiger partial charge in [0.1, 0.15) is 11.4 Å². The van der Waals surface area contributed by atoms with Crippen LogP contribution in [0.5, 0.6) is 5.75 Å². The van der Waals surface area contributed by atoms with Crippen molar-refractivity contribution in [2.45, 2.75) is 45.3 Å². The summed E-state index contributed by atoms with van der Waals surface area (Å²) < 4.78 is 13.4. The van der Waals surface area contributed by atoms with E-state index in [0.29, 0.717) is 31.8 Å². The van der Waals surface area contributed by atoms with Crippen molar-refractivity contribution >= 4 is 17.2 Å². The van der Waals surface area contributed by atoms with Gasteiger partial charge in [-0.05, 0) is 61.6 Å². The largest absolute Gasteiger partial charge is 0.494 e. The fourth-order valence-electron chi connectivity index (χ4n) is 6.52. The molecule has 230 valence electrons. The van der Waals surface area contributed by atoms with E-state index in [-0.39, 0.29) is 28.5 Å². The first kappa shape index (κ1) is 29.8. The van der Waals surface area contributed by atoms with E-state index < -0.39 is 0 Å². The molecule has 2 fully saturated rings. The molecule has 0 N–H and O–H groups in total. The quantitative estimate of drug-likeness (QED) is 0.177. The predicted octanol–water partition coefficient (Wildman–Crippen LogP) is 5.82. The molecule has 1 amide bonds. The van der Waals surface area contributed by atoms with Crippen LogP contribution in [0, 0.1) is 16.0 Å². The summed E-state index contributed by atoms with van der Waals surface area (Å²) in [6.07, 6.45) is 6.05. The number of imidazole rings is 1. The number of ether oxygens (including phenoxy) is 2. The van der Waals surface area contributed by atoms with E-state index in [0.717, 1.165) is 72.7 Å². The number of carbonyl (C=O) groups excluding carboxylic acids is 1. The molecule has 0 unspecified atom stereocenters. The van der Waals surface area contributed by atoms with Gasteiger partial charge in [-0.25, -0.2) is 4.98 Å². The SMILES string of the molecule is CCOc1cccc(-c2ccc3nc(-c4cccc([N+](=O)[O-])c4)c(CN4CCN(C(=O)[C@H]5CCC[C@@H](OC)C5)CC4)n3c2)c1. The Labute approximate surface area is 257 Å². The lowest BCUT2D eigenvalue weighted by atomic mass is 9.86. The molecule has 0 bridgehead atoms. The summed E-state index contributed by atoms with van der Waals surface area (Å²) in [7, 11) is 1.74. The molecule has 10 nitrogen and oxygen atoms in total. The standard InChI is InChI=1S/C34H39N5O5/c1-3-44-30-12-5-7-24(20-30)27-13-14-32-35-33(25-8-4-10-28(19-25)39(41)42)31(38(32)22-27)23-36-15-17-37(18-16-36)34(40)26-9-6-11-29(21-26)43-2/h4-5,7-8,10,12-14,19-20,22,26,29H,3,6,9,11,15-18,21,23H2,1-2H3/t26-,29+/m0/s1. The fraction of sp³-hybridized carbons (Fsp3) is 0.412. The highest BCUT2D eigenvalue weighted by Gasteiger charge is 2.32. The van der Waals surface area contributed by atoms with E-state index in [1.54, 1.807) is 19.2 Å². The van der Waals surface area contributed by atoms with E-state index >= 15 is 0 Å².